The van der Waals surface area contributed by atoms with Crippen molar-refractivity contribution in [3.8, 4) is 16.9 Å². The second-order valence-corrected chi connectivity index (χ2v) is 5.31. The first-order valence-corrected chi connectivity index (χ1v) is 7.09. The van der Waals surface area contributed by atoms with Crippen LogP contribution in [0.25, 0.3) is 17.2 Å². The van der Waals surface area contributed by atoms with E-state index >= 15 is 0 Å². The highest BCUT2D eigenvalue weighted by atomic mass is 16.3. The van der Waals surface area contributed by atoms with E-state index in [4.69, 9.17) is 11.5 Å². The predicted molar refractivity (Wildman–Crippen MR) is 92.7 cm³/mol. The number of hydrogen-bond acceptors (Lipinski definition) is 2. The molecule has 0 aromatic heterocycles. The van der Waals surface area contributed by atoms with Crippen LogP contribution in [0.5, 0.6) is 5.75 Å². The summed E-state index contributed by atoms with van der Waals surface area (Å²) in [5, 5.41) is 9.67. The summed E-state index contributed by atoms with van der Waals surface area (Å²) in [6.45, 7) is 3.63. The van der Waals surface area contributed by atoms with Crippen LogP contribution in [0, 0.1) is 6.92 Å². The molecule has 5 nitrogen and oxygen atoms in total. The van der Waals surface area contributed by atoms with Gasteiger partial charge in [-0.1, -0.05) is 35.9 Å². The van der Waals surface area contributed by atoms with Gasteiger partial charge in [-0.05, 0) is 48.7 Å². The van der Waals surface area contributed by atoms with Crippen molar-refractivity contribution in [2.75, 3.05) is 0 Å². The topological polar surface area (TPSA) is 102 Å². The summed E-state index contributed by atoms with van der Waals surface area (Å²) in [4.78, 5) is 15.4. The van der Waals surface area contributed by atoms with Gasteiger partial charge in [0.15, 0.2) is 5.96 Å². The standard InChI is InChI=1S/C18H19N3O2/c1-11-6-7-16(13-4-3-5-15(22)10-13)14(8-11)9-12(2)17(23)21-18(19)20/h3-10,22H,1-2H3,(H4,19,20,21,23). The molecule has 5 N–H and O–H groups in total. The Bertz CT molecular complexity index is 804. The fraction of sp³-hybridized carbons (Fsp3) is 0.111. The van der Waals surface area contributed by atoms with Crippen LogP contribution in [0.2, 0.25) is 0 Å². The zero-order valence-electron chi connectivity index (χ0n) is 13.1. The van der Waals surface area contributed by atoms with Crippen molar-refractivity contribution < 1.29 is 9.90 Å². The summed E-state index contributed by atoms with van der Waals surface area (Å²) in [5.41, 5.74) is 14.6. The minimum Gasteiger partial charge on any atom is -0.508 e. The molecule has 0 aliphatic heterocycles. The second kappa shape index (κ2) is 6.79. The minimum atomic E-state index is -0.478. The molecule has 0 aliphatic rings. The third-order valence-corrected chi connectivity index (χ3v) is 3.30. The van der Waals surface area contributed by atoms with Crippen LogP contribution in [0.1, 0.15) is 18.1 Å². The maximum Gasteiger partial charge on any atom is 0.275 e. The van der Waals surface area contributed by atoms with Crippen LogP contribution in [0.15, 0.2) is 53.0 Å². The lowest BCUT2D eigenvalue weighted by molar-refractivity contribution is -0.114. The van der Waals surface area contributed by atoms with Crippen LogP contribution >= 0.6 is 0 Å². The smallest absolute Gasteiger partial charge is 0.275 e. The highest BCUT2D eigenvalue weighted by Crippen LogP contribution is 2.29. The van der Waals surface area contributed by atoms with Crippen molar-refractivity contribution >= 4 is 17.9 Å². The third kappa shape index (κ3) is 4.20. The first-order chi connectivity index (χ1) is 10.9. The van der Waals surface area contributed by atoms with E-state index < -0.39 is 5.91 Å². The lowest BCUT2D eigenvalue weighted by Crippen LogP contribution is -2.24. The molecule has 0 spiro atoms. The normalized spacial score (nSPS) is 11.1. The number of benzene rings is 2. The van der Waals surface area contributed by atoms with Gasteiger partial charge in [0, 0.05) is 5.57 Å². The van der Waals surface area contributed by atoms with Gasteiger partial charge in [-0.15, -0.1) is 0 Å². The molecule has 0 heterocycles. The van der Waals surface area contributed by atoms with Crippen LogP contribution in [-0.4, -0.2) is 17.0 Å². The fourth-order valence-corrected chi connectivity index (χ4v) is 2.24. The molecule has 0 bridgehead atoms. The van der Waals surface area contributed by atoms with Gasteiger partial charge in [0.25, 0.3) is 5.91 Å². The SMILES string of the molecule is CC(=Cc1cc(C)ccc1-c1cccc(O)c1)C(=O)N=C(N)N. The van der Waals surface area contributed by atoms with Gasteiger partial charge in [-0.3, -0.25) is 4.79 Å². The Morgan fingerprint density at radius 2 is 1.91 bits per heavy atom. The highest BCUT2D eigenvalue weighted by Gasteiger charge is 2.08. The van der Waals surface area contributed by atoms with Gasteiger partial charge in [0.1, 0.15) is 5.75 Å². The summed E-state index contributed by atoms with van der Waals surface area (Å²) in [5.74, 6) is -0.556. The number of amides is 1. The van der Waals surface area contributed by atoms with Crippen molar-refractivity contribution in [3.05, 3.63) is 59.2 Å². The van der Waals surface area contributed by atoms with Crippen LogP contribution in [0.4, 0.5) is 0 Å². The number of nitrogens with two attached hydrogens (primary N) is 2. The number of carbonyl (C=O) groups excluding carboxylic acids is 1. The summed E-state index contributed by atoms with van der Waals surface area (Å²) in [7, 11) is 0. The van der Waals surface area contributed by atoms with E-state index in [1.54, 1.807) is 31.2 Å². The van der Waals surface area contributed by atoms with Crippen molar-refractivity contribution in [2.24, 2.45) is 16.5 Å². The van der Waals surface area contributed by atoms with Gasteiger partial charge in [0.2, 0.25) is 0 Å². The summed E-state index contributed by atoms with van der Waals surface area (Å²) in [6.07, 6.45) is 1.74. The number of aryl methyl sites for hydroxylation is 1. The van der Waals surface area contributed by atoms with Crippen molar-refractivity contribution in [3.63, 3.8) is 0 Å². The van der Waals surface area contributed by atoms with E-state index in [1.807, 2.05) is 31.2 Å². The molecule has 23 heavy (non-hydrogen) atoms. The van der Waals surface area contributed by atoms with E-state index in [2.05, 4.69) is 4.99 Å². The highest BCUT2D eigenvalue weighted by molar-refractivity contribution is 6.04. The molecule has 2 aromatic carbocycles. The Labute approximate surface area is 135 Å². The Hall–Kier alpha value is -3.08. The summed E-state index contributed by atoms with van der Waals surface area (Å²) >= 11 is 0. The monoisotopic (exact) mass is 309 g/mol. The number of rotatable bonds is 3. The van der Waals surface area contributed by atoms with Gasteiger partial charge < -0.3 is 16.6 Å². The average Bonchev–Trinajstić information content (AvgIpc) is 2.46. The number of carbonyl (C=O) groups is 1. The van der Waals surface area contributed by atoms with Gasteiger partial charge >= 0.3 is 0 Å². The van der Waals surface area contributed by atoms with E-state index in [-0.39, 0.29) is 11.7 Å². The number of nitrogens with zero attached hydrogens (tertiary/aromatic N) is 1. The Kier molecular flexibility index (Phi) is 4.81. The van der Waals surface area contributed by atoms with Gasteiger partial charge in [-0.2, -0.15) is 4.99 Å². The minimum absolute atomic E-state index is 0.186. The van der Waals surface area contributed by atoms with Gasteiger partial charge in [0.05, 0.1) is 0 Å². The lowest BCUT2D eigenvalue weighted by atomic mass is 9.96. The summed E-state index contributed by atoms with van der Waals surface area (Å²) < 4.78 is 0. The zero-order valence-corrected chi connectivity index (χ0v) is 13.1. The molecular formula is C18H19N3O2. The number of hydrogen-bond donors (Lipinski definition) is 3. The van der Waals surface area contributed by atoms with E-state index in [1.165, 1.54) is 0 Å². The quantitative estimate of drug-likeness (QED) is 0.460. The lowest BCUT2D eigenvalue weighted by Gasteiger charge is -2.09. The number of aromatic hydroxyl groups is 1. The molecule has 0 atom stereocenters. The molecule has 0 saturated carbocycles. The number of aliphatic imine (C=N–C) groups is 1. The second-order valence-electron chi connectivity index (χ2n) is 5.31. The van der Waals surface area contributed by atoms with Crippen LogP contribution < -0.4 is 11.5 Å². The van der Waals surface area contributed by atoms with E-state index in [9.17, 15) is 9.90 Å². The molecule has 0 fully saturated rings. The Balaban J connectivity index is 2.52. The fourth-order valence-electron chi connectivity index (χ4n) is 2.24. The van der Waals surface area contributed by atoms with E-state index in [0.29, 0.717) is 5.57 Å². The molecule has 5 heteroatoms. The first-order valence-electron chi connectivity index (χ1n) is 7.09. The number of guanidine groups is 1. The van der Waals surface area contributed by atoms with Crippen LogP contribution in [-0.2, 0) is 4.79 Å². The molecule has 0 radical (unpaired) electrons. The Morgan fingerprint density at radius 1 is 1.17 bits per heavy atom. The third-order valence-electron chi connectivity index (χ3n) is 3.30. The number of phenols is 1. The predicted octanol–water partition coefficient (Wildman–Crippen LogP) is 2.57. The molecule has 0 aliphatic carbocycles. The molecule has 2 rings (SSSR count). The van der Waals surface area contributed by atoms with Crippen molar-refractivity contribution in [1.29, 1.82) is 0 Å². The summed E-state index contributed by atoms with van der Waals surface area (Å²) in [6, 6.07) is 12.9. The molecule has 1 amide bonds. The maximum atomic E-state index is 11.9. The first kappa shape index (κ1) is 16.3. The molecular weight excluding hydrogens is 290 g/mol. The van der Waals surface area contributed by atoms with Crippen LogP contribution in [0.3, 0.4) is 0 Å². The molecule has 0 unspecified atom stereocenters. The largest absolute Gasteiger partial charge is 0.508 e. The number of phenolic OH excluding ortho intramolecular Hbond substituents is 1. The van der Waals surface area contributed by atoms with E-state index in [0.717, 1.165) is 22.3 Å². The maximum absolute atomic E-state index is 11.9. The van der Waals surface area contributed by atoms with Gasteiger partial charge in [-0.25, -0.2) is 0 Å². The average molecular weight is 309 g/mol. The van der Waals surface area contributed by atoms with Crippen molar-refractivity contribution in [1.82, 2.24) is 0 Å². The zero-order chi connectivity index (χ0) is 17.0. The Morgan fingerprint density at radius 3 is 2.57 bits per heavy atom. The van der Waals surface area contributed by atoms with Crippen molar-refractivity contribution in [2.45, 2.75) is 13.8 Å². The molecule has 0 saturated heterocycles. The molecule has 2 aromatic rings. The molecule has 118 valence electrons.